The van der Waals surface area contributed by atoms with Gasteiger partial charge in [0.05, 0.1) is 6.42 Å². The minimum atomic E-state index is -0.901. The van der Waals surface area contributed by atoms with Crippen LogP contribution < -0.4 is 10.6 Å². The minimum Gasteiger partial charge on any atom is -0.452 e. The molecule has 0 fully saturated rings. The number of hydrogen-bond acceptors (Lipinski definition) is 4. The Labute approximate surface area is 152 Å². The van der Waals surface area contributed by atoms with Gasteiger partial charge in [0.2, 0.25) is 5.91 Å². The summed E-state index contributed by atoms with van der Waals surface area (Å²) in [6.45, 7) is 4.88. The monoisotopic (exact) mass is 354 g/mol. The van der Waals surface area contributed by atoms with Crippen molar-refractivity contribution < 1.29 is 19.1 Å². The molecule has 2 N–H and O–H groups in total. The lowest BCUT2D eigenvalue weighted by Crippen LogP contribution is -2.30. The van der Waals surface area contributed by atoms with Gasteiger partial charge >= 0.3 is 5.97 Å². The maximum absolute atomic E-state index is 12.1. The van der Waals surface area contributed by atoms with Gasteiger partial charge < -0.3 is 15.4 Å². The van der Waals surface area contributed by atoms with Crippen LogP contribution in [0.4, 0.5) is 11.4 Å². The van der Waals surface area contributed by atoms with Crippen molar-refractivity contribution in [3.8, 4) is 0 Å². The van der Waals surface area contributed by atoms with Crippen LogP contribution in [0, 0.1) is 6.92 Å². The number of amides is 2. The van der Waals surface area contributed by atoms with E-state index in [1.165, 1.54) is 13.8 Å². The van der Waals surface area contributed by atoms with E-state index in [0.717, 1.165) is 11.1 Å². The second-order valence-corrected chi connectivity index (χ2v) is 6.05. The van der Waals surface area contributed by atoms with Crippen LogP contribution in [0.5, 0.6) is 0 Å². The first-order valence-electron chi connectivity index (χ1n) is 8.27. The SMILES string of the molecule is CC(=O)Nc1ccc(CC(=O)O[C@@H](C)C(=O)Nc2cccc(C)c2)cc1. The quantitative estimate of drug-likeness (QED) is 0.781. The molecular formula is C20H22N2O4. The summed E-state index contributed by atoms with van der Waals surface area (Å²) in [4.78, 5) is 35.1. The van der Waals surface area contributed by atoms with E-state index in [9.17, 15) is 14.4 Å². The summed E-state index contributed by atoms with van der Waals surface area (Å²) in [6.07, 6.45) is -0.857. The third kappa shape index (κ3) is 6.05. The minimum absolute atomic E-state index is 0.0441. The van der Waals surface area contributed by atoms with Crippen molar-refractivity contribution >= 4 is 29.2 Å². The van der Waals surface area contributed by atoms with E-state index in [2.05, 4.69) is 10.6 Å². The van der Waals surface area contributed by atoms with Crippen LogP contribution in [0.25, 0.3) is 0 Å². The Morgan fingerprint density at radius 1 is 1.00 bits per heavy atom. The molecule has 0 aliphatic carbocycles. The molecule has 0 saturated carbocycles. The summed E-state index contributed by atoms with van der Waals surface area (Å²) in [5.41, 5.74) is 3.07. The van der Waals surface area contributed by atoms with Crippen LogP contribution in [0.1, 0.15) is 25.0 Å². The number of ether oxygens (including phenoxy) is 1. The highest BCUT2D eigenvalue weighted by Gasteiger charge is 2.18. The van der Waals surface area contributed by atoms with E-state index in [-0.39, 0.29) is 18.2 Å². The van der Waals surface area contributed by atoms with E-state index in [4.69, 9.17) is 4.74 Å². The Morgan fingerprint density at radius 3 is 2.31 bits per heavy atom. The van der Waals surface area contributed by atoms with Crippen LogP contribution in [-0.4, -0.2) is 23.9 Å². The molecule has 2 rings (SSSR count). The molecule has 0 aliphatic heterocycles. The molecule has 6 nitrogen and oxygen atoms in total. The van der Waals surface area contributed by atoms with Crippen LogP contribution in [0.15, 0.2) is 48.5 Å². The first-order chi connectivity index (χ1) is 12.3. The average Bonchev–Trinajstić information content (AvgIpc) is 2.56. The Morgan fingerprint density at radius 2 is 1.69 bits per heavy atom. The smallest absolute Gasteiger partial charge is 0.311 e. The fraction of sp³-hybridized carbons (Fsp3) is 0.250. The van der Waals surface area contributed by atoms with E-state index < -0.39 is 12.1 Å². The predicted octanol–water partition coefficient (Wildman–Crippen LogP) is 3.07. The molecule has 1 atom stereocenters. The number of rotatable bonds is 6. The molecule has 0 saturated heterocycles. The zero-order valence-corrected chi connectivity index (χ0v) is 15.0. The van der Waals surface area contributed by atoms with Crippen LogP contribution in [0.3, 0.4) is 0 Å². The number of aryl methyl sites for hydroxylation is 1. The third-order valence-electron chi connectivity index (χ3n) is 3.59. The lowest BCUT2D eigenvalue weighted by atomic mass is 10.1. The standard InChI is InChI=1S/C20H22N2O4/c1-13-5-4-6-18(11-13)22-20(25)14(2)26-19(24)12-16-7-9-17(10-8-16)21-15(3)23/h4-11,14H,12H2,1-3H3,(H,21,23)(H,22,25)/t14-/m0/s1. The van der Waals surface area contributed by atoms with E-state index in [1.54, 1.807) is 30.3 Å². The summed E-state index contributed by atoms with van der Waals surface area (Å²) >= 11 is 0. The molecule has 26 heavy (non-hydrogen) atoms. The zero-order chi connectivity index (χ0) is 19.1. The average molecular weight is 354 g/mol. The van der Waals surface area contributed by atoms with Gasteiger partial charge in [-0.05, 0) is 49.2 Å². The van der Waals surface area contributed by atoms with Gasteiger partial charge in [-0.15, -0.1) is 0 Å². The number of benzene rings is 2. The van der Waals surface area contributed by atoms with E-state index in [0.29, 0.717) is 11.4 Å². The molecule has 0 unspecified atom stereocenters. The van der Waals surface area contributed by atoms with Crippen molar-refractivity contribution in [2.75, 3.05) is 10.6 Å². The highest BCUT2D eigenvalue weighted by atomic mass is 16.5. The van der Waals surface area contributed by atoms with Crippen molar-refractivity contribution in [2.45, 2.75) is 33.3 Å². The van der Waals surface area contributed by atoms with Gasteiger partial charge in [-0.1, -0.05) is 24.3 Å². The summed E-state index contributed by atoms with van der Waals surface area (Å²) in [7, 11) is 0. The van der Waals surface area contributed by atoms with Crippen LogP contribution in [-0.2, 0) is 25.5 Å². The molecule has 0 spiro atoms. The summed E-state index contributed by atoms with van der Waals surface area (Å²) in [5.74, 6) is -1.04. The molecule has 2 aromatic rings. The number of anilines is 2. The molecule has 0 heterocycles. The molecule has 2 aromatic carbocycles. The second kappa shape index (κ2) is 8.80. The van der Waals surface area contributed by atoms with Crippen molar-refractivity contribution in [3.05, 3.63) is 59.7 Å². The highest BCUT2D eigenvalue weighted by Crippen LogP contribution is 2.12. The molecule has 0 radical (unpaired) electrons. The van der Waals surface area contributed by atoms with Gasteiger partial charge in [0.15, 0.2) is 6.10 Å². The van der Waals surface area contributed by atoms with Crippen LogP contribution in [0.2, 0.25) is 0 Å². The molecule has 0 aliphatic rings. The number of esters is 1. The molecule has 6 heteroatoms. The van der Waals surface area contributed by atoms with Gasteiger partial charge in [0, 0.05) is 18.3 Å². The second-order valence-electron chi connectivity index (χ2n) is 6.05. The summed E-state index contributed by atoms with van der Waals surface area (Å²) < 4.78 is 5.19. The maximum atomic E-state index is 12.1. The van der Waals surface area contributed by atoms with Gasteiger partial charge in [0.25, 0.3) is 5.91 Å². The van der Waals surface area contributed by atoms with Crippen molar-refractivity contribution in [2.24, 2.45) is 0 Å². The number of carbonyl (C=O) groups is 3. The maximum Gasteiger partial charge on any atom is 0.311 e. The lowest BCUT2D eigenvalue weighted by Gasteiger charge is -2.14. The Balaban J connectivity index is 1.86. The molecule has 2 amide bonds. The molecular weight excluding hydrogens is 332 g/mol. The number of hydrogen-bond donors (Lipinski definition) is 2. The Hall–Kier alpha value is -3.15. The van der Waals surface area contributed by atoms with Crippen molar-refractivity contribution in [1.29, 1.82) is 0 Å². The number of nitrogens with one attached hydrogen (secondary N) is 2. The Bertz CT molecular complexity index is 800. The third-order valence-corrected chi connectivity index (χ3v) is 3.59. The van der Waals surface area contributed by atoms with Crippen molar-refractivity contribution in [1.82, 2.24) is 0 Å². The summed E-state index contributed by atoms with van der Waals surface area (Å²) in [5, 5.41) is 5.37. The van der Waals surface area contributed by atoms with Gasteiger partial charge in [0.1, 0.15) is 0 Å². The predicted molar refractivity (Wildman–Crippen MR) is 99.8 cm³/mol. The van der Waals surface area contributed by atoms with Crippen molar-refractivity contribution in [3.63, 3.8) is 0 Å². The van der Waals surface area contributed by atoms with Gasteiger partial charge in [-0.3, -0.25) is 14.4 Å². The molecule has 136 valence electrons. The first kappa shape index (κ1) is 19.2. The lowest BCUT2D eigenvalue weighted by molar-refractivity contribution is -0.152. The Kier molecular flexibility index (Phi) is 6.49. The van der Waals surface area contributed by atoms with Gasteiger partial charge in [-0.25, -0.2) is 0 Å². The normalized spacial score (nSPS) is 11.3. The summed E-state index contributed by atoms with van der Waals surface area (Å²) in [6, 6.07) is 14.2. The van der Waals surface area contributed by atoms with E-state index in [1.807, 2.05) is 25.1 Å². The highest BCUT2D eigenvalue weighted by molar-refractivity contribution is 5.95. The largest absolute Gasteiger partial charge is 0.452 e. The molecule has 0 bridgehead atoms. The fourth-order valence-corrected chi connectivity index (χ4v) is 2.33. The topological polar surface area (TPSA) is 84.5 Å². The van der Waals surface area contributed by atoms with Crippen LogP contribution >= 0.6 is 0 Å². The fourth-order valence-electron chi connectivity index (χ4n) is 2.33. The molecule has 0 aromatic heterocycles. The number of carbonyl (C=O) groups excluding carboxylic acids is 3. The first-order valence-corrected chi connectivity index (χ1v) is 8.27. The zero-order valence-electron chi connectivity index (χ0n) is 15.0. The van der Waals surface area contributed by atoms with E-state index >= 15 is 0 Å². The van der Waals surface area contributed by atoms with Gasteiger partial charge in [-0.2, -0.15) is 0 Å².